The highest BCUT2D eigenvalue weighted by Crippen LogP contribution is 2.02. The Morgan fingerprint density at radius 2 is 2.24 bits per heavy atom. The highest BCUT2D eigenvalue weighted by atomic mass is 35.5. The van der Waals surface area contributed by atoms with Gasteiger partial charge in [0.1, 0.15) is 10.8 Å². The molecule has 1 amide bonds. The van der Waals surface area contributed by atoms with Crippen LogP contribution in [0.3, 0.4) is 0 Å². The molecule has 2 aromatic heterocycles. The second kappa shape index (κ2) is 5.40. The fourth-order valence-corrected chi connectivity index (χ4v) is 1.42. The minimum absolute atomic E-state index is 0.200. The summed E-state index contributed by atoms with van der Waals surface area (Å²) < 4.78 is 0. The third-order valence-electron chi connectivity index (χ3n) is 2.07. The Kier molecular flexibility index (Phi) is 3.66. The predicted octanol–water partition coefficient (Wildman–Crippen LogP) is 0.826. The zero-order valence-corrected chi connectivity index (χ0v) is 9.61. The lowest BCUT2D eigenvalue weighted by Gasteiger charge is -2.03. The number of nitrogens with zero attached hydrogens (tertiary/aromatic N) is 3. The van der Waals surface area contributed by atoms with Crippen molar-refractivity contribution in [3.63, 3.8) is 0 Å². The molecule has 2 aromatic rings. The van der Waals surface area contributed by atoms with E-state index in [1.807, 2.05) is 0 Å². The number of nitrogens with one attached hydrogen (secondary N) is 2. The number of aromatic nitrogens is 4. The van der Waals surface area contributed by atoms with Crippen LogP contribution in [0.4, 0.5) is 0 Å². The first-order valence-electron chi connectivity index (χ1n) is 4.98. The monoisotopic (exact) mass is 251 g/mol. The van der Waals surface area contributed by atoms with E-state index < -0.39 is 0 Å². The topological polar surface area (TPSA) is 83.6 Å². The summed E-state index contributed by atoms with van der Waals surface area (Å²) >= 11 is 5.64. The van der Waals surface area contributed by atoms with Crippen LogP contribution in [0, 0.1) is 0 Å². The summed E-state index contributed by atoms with van der Waals surface area (Å²) in [4.78, 5) is 26.1. The zero-order valence-electron chi connectivity index (χ0n) is 8.85. The molecule has 0 spiro atoms. The number of rotatable bonds is 4. The van der Waals surface area contributed by atoms with Gasteiger partial charge in [0.25, 0.3) is 5.91 Å². The van der Waals surface area contributed by atoms with Crippen molar-refractivity contribution in [3.05, 3.63) is 41.5 Å². The fraction of sp³-hybridized carbons (Fsp3) is 0.200. The highest BCUT2D eigenvalue weighted by molar-refractivity contribution is 6.29. The summed E-state index contributed by atoms with van der Waals surface area (Å²) in [5.41, 5.74) is 1.17. The minimum Gasteiger partial charge on any atom is -0.350 e. The summed E-state index contributed by atoms with van der Waals surface area (Å²) in [5, 5.41) is 2.92. The number of aromatic amines is 1. The Labute approximate surface area is 102 Å². The second-order valence-corrected chi connectivity index (χ2v) is 3.70. The Morgan fingerprint density at radius 3 is 2.94 bits per heavy atom. The molecule has 0 bridgehead atoms. The maximum atomic E-state index is 11.6. The molecule has 0 saturated carbocycles. The number of halogens is 1. The van der Waals surface area contributed by atoms with E-state index in [1.165, 1.54) is 12.4 Å². The summed E-state index contributed by atoms with van der Waals surface area (Å²) in [7, 11) is 0. The normalized spacial score (nSPS) is 10.2. The standard InChI is InChI=1S/C10H10ClN5O/c11-9-5-12-4-8(16-9)10(17)14-2-1-7-3-13-6-15-7/h3-6H,1-2H2,(H,13,15)(H,14,17). The Balaban J connectivity index is 1.85. The lowest BCUT2D eigenvalue weighted by Crippen LogP contribution is -2.26. The number of H-pyrrole nitrogens is 1. The maximum Gasteiger partial charge on any atom is 0.271 e. The molecule has 2 N–H and O–H groups in total. The number of carbonyl (C=O) groups is 1. The number of amides is 1. The molecule has 0 saturated heterocycles. The highest BCUT2D eigenvalue weighted by Gasteiger charge is 2.07. The van der Waals surface area contributed by atoms with Crippen molar-refractivity contribution in [2.24, 2.45) is 0 Å². The summed E-state index contributed by atoms with van der Waals surface area (Å²) in [5.74, 6) is -0.292. The van der Waals surface area contributed by atoms with Crippen LogP contribution in [0.2, 0.25) is 5.15 Å². The van der Waals surface area contributed by atoms with Crippen molar-refractivity contribution in [2.45, 2.75) is 6.42 Å². The summed E-state index contributed by atoms with van der Waals surface area (Å²) in [6.45, 7) is 0.495. The molecule has 6 nitrogen and oxygen atoms in total. The molecule has 88 valence electrons. The third-order valence-corrected chi connectivity index (χ3v) is 2.25. The van der Waals surface area contributed by atoms with E-state index in [2.05, 4.69) is 25.3 Å². The lowest BCUT2D eigenvalue weighted by atomic mass is 10.3. The number of carbonyl (C=O) groups excluding carboxylic acids is 1. The van der Waals surface area contributed by atoms with Crippen molar-refractivity contribution in [1.29, 1.82) is 0 Å². The van der Waals surface area contributed by atoms with Gasteiger partial charge in [-0.3, -0.25) is 9.78 Å². The SMILES string of the molecule is O=C(NCCc1cnc[nH]1)c1cncc(Cl)n1. The molecule has 0 radical (unpaired) electrons. The Morgan fingerprint density at radius 1 is 1.35 bits per heavy atom. The Hall–Kier alpha value is -1.95. The van der Waals surface area contributed by atoms with Crippen molar-refractivity contribution in [3.8, 4) is 0 Å². The molecule has 0 fully saturated rings. The molecule has 0 aromatic carbocycles. The van der Waals surface area contributed by atoms with Gasteiger partial charge in [-0.2, -0.15) is 0 Å². The van der Waals surface area contributed by atoms with Gasteiger partial charge in [-0.05, 0) is 0 Å². The van der Waals surface area contributed by atoms with Gasteiger partial charge in [-0.1, -0.05) is 11.6 Å². The number of imidazole rings is 1. The first kappa shape index (κ1) is 11.5. The average Bonchev–Trinajstić information content (AvgIpc) is 2.82. The van der Waals surface area contributed by atoms with Crippen molar-refractivity contribution >= 4 is 17.5 Å². The average molecular weight is 252 g/mol. The van der Waals surface area contributed by atoms with Crippen molar-refractivity contribution in [1.82, 2.24) is 25.3 Å². The predicted molar refractivity (Wildman–Crippen MR) is 61.7 cm³/mol. The molecule has 2 heterocycles. The minimum atomic E-state index is -0.292. The van der Waals surface area contributed by atoms with Gasteiger partial charge in [-0.15, -0.1) is 0 Å². The molecule has 7 heteroatoms. The molecule has 2 rings (SSSR count). The zero-order chi connectivity index (χ0) is 12.1. The van der Waals surface area contributed by atoms with Gasteiger partial charge in [-0.25, -0.2) is 9.97 Å². The molecule has 0 aliphatic carbocycles. The molecule has 17 heavy (non-hydrogen) atoms. The molecule has 0 aliphatic heterocycles. The van der Waals surface area contributed by atoms with E-state index in [1.54, 1.807) is 12.5 Å². The molecular formula is C10H10ClN5O. The Bertz CT molecular complexity index is 499. The van der Waals surface area contributed by atoms with E-state index >= 15 is 0 Å². The summed E-state index contributed by atoms with van der Waals surface area (Å²) in [6.07, 6.45) is 6.74. The molecular weight excluding hydrogens is 242 g/mol. The van der Waals surface area contributed by atoms with E-state index in [4.69, 9.17) is 11.6 Å². The van der Waals surface area contributed by atoms with Gasteiger partial charge < -0.3 is 10.3 Å². The van der Waals surface area contributed by atoms with Crippen LogP contribution in [0.15, 0.2) is 24.9 Å². The van der Waals surface area contributed by atoms with Gasteiger partial charge in [0.05, 0.1) is 18.7 Å². The largest absolute Gasteiger partial charge is 0.350 e. The van der Waals surface area contributed by atoms with E-state index in [-0.39, 0.29) is 16.8 Å². The smallest absolute Gasteiger partial charge is 0.271 e. The van der Waals surface area contributed by atoms with E-state index in [0.29, 0.717) is 13.0 Å². The quantitative estimate of drug-likeness (QED) is 0.843. The van der Waals surface area contributed by atoms with Crippen LogP contribution >= 0.6 is 11.6 Å². The molecule has 0 atom stereocenters. The first-order chi connectivity index (χ1) is 8.25. The second-order valence-electron chi connectivity index (χ2n) is 3.31. The van der Waals surface area contributed by atoms with E-state index in [0.717, 1.165) is 5.69 Å². The van der Waals surface area contributed by atoms with Gasteiger partial charge in [0, 0.05) is 24.9 Å². The number of hydrogen-bond acceptors (Lipinski definition) is 4. The van der Waals surface area contributed by atoms with Gasteiger partial charge in [0.15, 0.2) is 0 Å². The lowest BCUT2D eigenvalue weighted by molar-refractivity contribution is 0.0948. The van der Waals surface area contributed by atoms with Crippen molar-refractivity contribution in [2.75, 3.05) is 6.54 Å². The third kappa shape index (κ3) is 3.25. The van der Waals surface area contributed by atoms with Crippen LogP contribution < -0.4 is 5.32 Å². The van der Waals surface area contributed by atoms with Gasteiger partial charge >= 0.3 is 0 Å². The van der Waals surface area contributed by atoms with Crippen LogP contribution in [0.1, 0.15) is 16.2 Å². The number of hydrogen-bond donors (Lipinski definition) is 2. The summed E-state index contributed by atoms with van der Waals surface area (Å²) in [6, 6.07) is 0. The van der Waals surface area contributed by atoms with Crippen LogP contribution in [-0.2, 0) is 6.42 Å². The fourth-order valence-electron chi connectivity index (χ4n) is 1.27. The maximum absolute atomic E-state index is 11.6. The molecule has 0 unspecified atom stereocenters. The van der Waals surface area contributed by atoms with Crippen LogP contribution in [0.5, 0.6) is 0 Å². The van der Waals surface area contributed by atoms with Crippen LogP contribution in [0.25, 0.3) is 0 Å². The van der Waals surface area contributed by atoms with E-state index in [9.17, 15) is 4.79 Å². The van der Waals surface area contributed by atoms with Gasteiger partial charge in [0.2, 0.25) is 0 Å². The van der Waals surface area contributed by atoms with Crippen molar-refractivity contribution < 1.29 is 4.79 Å². The van der Waals surface area contributed by atoms with Crippen LogP contribution in [-0.4, -0.2) is 32.4 Å². The molecule has 0 aliphatic rings. The first-order valence-corrected chi connectivity index (χ1v) is 5.36.